The van der Waals surface area contributed by atoms with E-state index in [1.165, 1.54) is 6.26 Å². The van der Waals surface area contributed by atoms with Gasteiger partial charge in [0.15, 0.2) is 9.84 Å². The van der Waals surface area contributed by atoms with E-state index in [2.05, 4.69) is 10.3 Å². The van der Waals surface area contributed by atoms with Crippen LogP contribution < -0.4 is 5.32 Å². The van der Waals surface area contributed by atoms with Crippen molar-refractivity contribution in [2.45, 2.75) is 11.4 Å². The maximum atomic E-state index is 11.3. The zero-order valence-corrected chi connectivity index (χ0v) is 11.9. The highest BCUT2D eigenvalue weighted by Gasteiger charge is 2.05. The number of nitrogens with one attached hydrogen (secondary N) is 1. The first-order chi connectivity index (χ1) is 8.95. The number of benzene rings is 1. The van der Waals surface area contributed by atoms with E-state index in [1.807, 2.05) is 0 Å². The lowest BCUT2D eigenvalue weighted by Crippen LogP contribution is -2.02. The Morgan fingerprint density at radius 1 is 1.16 bits per heavy atom. The SMILES string of the molecule is CS(=O)(=O)c1ccc(CNc2ccc(Cl)cn2)cc1. The summed E-state index contributed by atoms with van der Waals surface area (Å²) in [7, 11) is -3.14. The average Bonchev–Trinajstić information content (AvgIpc) is 2.37. The van der Waals surface area contributed by atoms with Crippen molar-refractivity contribution >= 4 is 27.3 Å². The van der Waals surface area contributed by atoms with Crippen LogP contribution in [0.1, 0.15) is 5.56 Å². The molecule has 0 fully saturated rings. The van der Waals surface area contributed by atoms with Crippen molar-refractivity contribution in [3.05, 3.63) is 53.2 Å². The van der Waals surface area contributed by atoms with Crippen LogP contribution in [-0.4, -0.2) is 19.7 Å². The van der Waals surface area contributed by atoms with E-state index in [1.54, 1.807) is 42.6 Å². The Bertz CT molecular complexity index is 652. The third-order valence-corrected chi connectivity index (χ3v) is 3.90. The Balaban J connectivity index is 2.02. The van der Waals surface area contributed by atoms with Gasteiger partial charge >= 0.3 is 0 Å². The molecule has 0 saturated heterocycles. The molecule has 2 aromatic rings. The van der Waals surface area contributed by atoms with Gasteiger partial charge in [-0.15, -0.1) is 0 Å². The summed E-state index contributed by atoms with van der Waals surface area (Å²) in [6.45, 7) is 0.568. The van der Waals surface area contributed by atoms with Gasteiger partial charge in [-0.3, -0.25) is 0 Å². The first-order valence-corrected chi connectivity index (χ1v) is 7.86. The molecule has 6 heteroatoms. The van der Waals surface area contributed by atoms with Gasteiger partial charge < -0.3 is 5.32 Å². The van der Waals surface area contributed by atoms with Gasteiger partial charge in [0.05, 0.1) is 9.92 Å². The summed E-state index contributed by atoms with van der Waals surface area (Å²) in [5.41, 5.74) is 0.976. The molecule has 0 bridgehead atoms. The smallest absolute Gasteiger partial charge is 0.175 e. The van der Waals surface area contributed by atoms with Gasteiger partial charge in [-0.25, -0.2) is 13.4 Å². The minimum atomic E-state index is -3.14. The Kier molecular flexibility index (Phi) is 4.07. The molecule has 1 aromatic heterocycles. The van der Waals surface area contributed by atoms with Gasteiger partial charge in [-0.05, 0) is 29.8 Å². The number of nitrogens with zero attached hydrogens (tertiary/aromatic N) is 1. The number of hydrogen-bond acceptors (Lipinski definition) is 4. The van der Waals surface area contributed by atoms with Gasteiger partial charge in [-0.1, -0.05) is 23.7 Å². The van der Waals surface area contributed by atoms with E-state index in [-0.39, 0.29) is 0 Å². The molecular formula is C13H13ClN2O2S. The molecule has 0 saturated carbocycles. The van der Waals surface area contributed by atoms with E-state index in [0.717, 1.165) is 11.4 Å². The van der Waals surface area contributed by atoms with Crippen LogP contribution in [0.15, 0.2) is 47.5 Å². The summed E-state index contributed by atoms with van der Waals surface area (Å²) in [5, 5.41) is 3.71. The molecule has 19 heavy (non-hydrogen) atoms. The third-order valence-electron chi connectivity index (χ3n) is 2.55. The van der Waals surface area contributed by atoms with Gasteiger partial charge in [0.25, 0.3) is 0 Å². The fraction of sp³-hybridized carbons (Fsp3) is 0.154. The molecule has 0 unspecified atom stereocenters. The van der Waals surface area contributed by atoms with Gasteiger partial charge in [0, 0.05) is 19.0 Å². The first kappa shape index (κ1) is 13.8. The minimum absolute atomic E-state index is 0.320. The fourth-order valence-corrected chi connectivity index (χ4v) is 2.27. The summed E-state index contributed by atoms with van der Waals surface area (Å²) in [6, 6.07) is 10.3. The lowest BCUT2D eigenvalue weighted by Gasteiger charge is -2.06. The van der Waals surface area contributed by atoms with Crippen molar-refractivity contribution in [3.8, 4) is 0 Å². The second-order valence-electron chi connectivity index (χ2n) is 4.13. The second-order valence-corrected chi connectivity index (χ2v) is 6.58. The third kappa shape index (κ3) is 3.94. The zero-order chi connectivity index (χ0) is 13.9. The van der Waals surface area contributed by atoms with Crippen molar-refractivity contribution in [1.82, 2.24) is 4.98 Å². The average molecular weight is 297 g/mol. The number of anilines is 1. The van der Waals surface area contributed by atoms with Crippen LogP contribution in [-0.2, 0) is 16.4 Å². The largest absolute Gasteiger partial charge is 0.366 e. The minimum Gasteiger partial charge on any atom is -0.366 e. The van der Waals surface area contributed by atoms with Crippen LogP contribution in [0.4, 0.5) is 5.82 Å². The lowest BCUT2D eigenvalue weighted by atomic mass is 10.2. The fourth-order valence-electron chi connectivity index (χ4n) is 1.53. The van der Waals surface area contributed by atoms with E-state index >= 15 is 0 Å². The molecule has 0 spiro atoms. The summed E-state index contributed by atoms with van der Waals surface area (Å²) in [4.78, 5) is 4.43. The number of hydrogen-bond donors (Lipinski definition) is 1. The van der Waals surface area contributed by atoms with Crippen LogP contribution in [0.2, 0.25) is 5.02 Å². The topological polar surface area (TPSA) is 59.1 Å². The maximum absolute atomic E-state index is 11.3. The van der Waals surface area contributed by atoms with E-state index in [9.17, 15) is 8.42 Å². The van der Waals surface area contributed by atoms with E-state index in [4.69, 9.17) is 11.6 Å². The molecule has 0 aliphatic carbocycles. The quantitative estimate of drug-likeness (QED) is 0.942. The predicted octanol–water partition coefficient (Wildman–Crippen LogP) is 2.75. The van der Waals surface area contributed by atoms with E-state index < -0.39 is 9.84 Å². The molecule has 2 rings (SSSR count). The number of pyridine rings is 1. The molecule has 0 aliphatic heterocycles. The highest BCUT2D eigenvalue weighted by molar-refractivity contribution is 7.90. The Labute approximate surface area is 117 Å². The van der Waals surface area contributed by atoms with Crippen molar-refractivity contribution in [3.63, 3.8) is 0 Å². The molecule has 4 nitrogen and oxygen atoms in total. The monoisotopic (exact) mass is 296 g/mol. The highest BCUT2D eigenvalue weighted by Crippen LogP contribution is 2.13. The molecule has 1 N–H and O–H groups in total. The van der Waals surface area contributed by atoms with Crippen LogP contribution >= 0.6 is 11.6 Å². The van der Waals surface area contributed by atoms with Crippen LogP contribution in [0.5, 0.6) is 0 Å². The highest BCUT2D eigenvalue weighted by atomic mass is 35.5. The zero-order valence-electron chi connectivity index (χ0n) is 10.3. The van der Waals surface area contributed by atoms with Gasteiger partial charge in [0.1, 0.15) is 5.82 Å². The molecule has 0 atom stereocenters. The maximum Gasteiger partial charge on any atom is 0.175 e. The number of halogens is 1. The summed E-state index contributed by atoms with van der Waals surface area (Å²) < 4.78 is 22.6. The molecule has 0 amide bonds. The summed E-state index contributed by atoms with van der Waals surface area (Å²) in [6.07, 6.45) is 2.76. The van der Waals surface area contributed by atoms with Crippen molar-refractivity contribution in [2.24, 2.45) is 0 Å². The summed E-state index contributed by atoms with van der Waals surface area (Å²) >= 11 is 5.74. The number of rotatable bonds is 4. The Morgan fingerprint density at radius 3 is 2.37 bits per heavy atom. The molecule has 0 radical (unpaired) electrons. The Hall–Kier alpha value is -1.59. The second kappa shape index (κ2) is 5.59. The van der Waals surface area contributed by atoms with Crippen molar-refractivity contribution < 1.29 is 8.42 Å². The molecule has 1 heterocycles. The molecule has 0 aliphatic rings. The lowest BCUT2D eigenvalue weighted by molar-refractivity contribution is 0.602. The molecular weight excluding hydrogens is 284 g/mol. The van der Waals surface area contributed by atoms with Gasteiger partial charge in [0.2, 0.25) is 0 Å². The van der Waals surface area contributed by atoms with Gasteiger partial charge in [-0.2, -0.15) is 0 Å². The van der Waals surface area contributed by atoms with Crippen LogP contribution in [0.3, 0.4) is 0 Å². The Morgan fingerprint density at radius 2 is 1.84 bits per heavy atom. The number of aromatic nitrogens is 1. The number of sulfone groups is 1. The molecule has 100 valence electrons. The van der Waals surface area contributed by atoms with Crippen LogP contribution in [0.25, 0.3) is 0 Å². The first-order valence-electron chi connectivity index (χ1n) is 5.59. The van der Waals surface area contributed by atoms with Crippen molar-refractivity contribution in [1.29, 1.82) is 0 Å². The molecule has 1 aromatic carbocycles. The van der Waals surface area contributed by atoms with Crippen LogP contribution in [0, 0.1) is 0 Å². The summed E-state index contributed by atoms with van der Waals surface area (Å²) in [5.74, 6) is 0.719. The van der Waals surface area contributed by atoms with E-state index in [0.29, 0.717) is 16.5 Å². The standard InChI is InChI=1S/C13H13ClN2O2S/c1-19(17,18)12-5-2-10(3-6-12)8-15-13-7-4-11(14)9-16-13/h2-7,9H,8H2,1H3,(H,15,16). The normalized spacial score (nSPS) is 11.3. The van der Waals surface area contributed by atoms with Crippen molar-refractivity contribution in [2.75, 3.05) is 11.6 Å². The predicted molar refractivity (Wildman–Crippen MR) is 76.1 cm³/mol.